The summed E-state index contributed by atoms with van der Waals surface area (Å²) >= 11 is 3.26. The smallest absolute Gasteiger partial charge is 0.244 e. The van der Waals surface area contributed by atoms with Crippen molar-refractivity contribution in [3.63, 3.8) is 0 Å². The van der Waals surface area contributed by atoms with Crippen LogP contribution in [-0.4, -0.2) is 26.5 Å². The predicted octanol–water partition coefficient (Wildman–Crippen LogP) is 2.74. The third-order valence-corrected chi connectivity index (χ3v) is 4.38. The van der Waals surface area contributed by atoms with Crippen molar-refractivity contribution in [1.82, 2.24) is 9.71 Å². The molecule has 7 heteroatoms. The Morgan fingerprint density at radius 3 is 2.63 bits per heavy atom. The molecule has 0 saturated heterocycles. The molecule has 108 valence electrons. The fourth-order valence-electron chi connectivity index (χ4n) is 1.46. The van der Waals surface area contributed by atoms with Crippen LogP contribution in [-0.2, 0) is 10.0 Å². The first-order valence-electron chi connectivity index (χ1n) is 6.40. The summed E-state index contributed by atoms with van der Waals surface area (Å²) < 4.78 is 27.7. The van der Waals surface area contributed by atoms with Crippen molar-refractivity contribution >= 4 is 31.8 Å². The van der Waals surface area contributed by atoms with Crippen molar-refractivity contribution in [2.45, 2.75) is 38.0 Å². The second-order valence-corrected chi connectivity index (χ2v) is 6.83. The number of sulfonamides is 1. The van der Waals surface area contributed by atoms with Gasteiger partial charge in [-0.3, -0.25) is 0 Å². The van der Waals surface area contributed by atoms with Crippen LogP contribution in [0.2, 0.25) is 0 Å². The van der Waals surface area contributed by atoms with Crippen molar-refractivity contribution in [2.24, 2.45) is 0 Å². The van der Waals surface area contributed by atoms with E-state index < -0.39 is 10.0 Å². The molecule has 1 aromatic rings. The van der Waals surface area contributed by atoms with Crippen molar-refractivity contribution in [3.8, 4) is 0 Å². The zero-order chi connectivity index (χ0) is 14.3. The van der Waals surface area contributed by atoms with E-state index in [1.165, 1.54) is 0 Å². The molecule has 5 nitrogen and oxygen atoms in total. The number of anilines is 1. The third kappa shape index (κ3) is 5.08. The topological polar surface area (TPSA) is 71.1 Å². The van der Waals surface area contributed by atoms with Crippen LogP contribution >= 0.6 is 15.9 Å². The van der Waals surface area contributed by atoms with Crippen molar-refractivity contribution in [2.75, 3.05) is 18.4 Å². The van der Waals surface area contributed by atoms with Gasteiger partial charge >= 0.3 is 0 Å². The van der Waals surface area contributed by atoms with Gasteiger partial charge < -0.3 is 5.32 Å². The number of aromatic nitrogens is 1. The lowest BCUT2D eigenvalue weighted by Gasteiger charge is -2.12. The number of nitrogens with zero attached hydrogens (tertiary/aromatic N) is 1. The zero-order valence-electron chi connectivity index (χ0n) is 11.2. The molecular weight excluding hydrogens is 330 g/mol. The first-order chi connectivity index (χ1) is 9.01. The summed E-state index contributed by atoms with van der Waals surface area (Å²) in [5, 5.41) is 3.04. The van der Waals surface area contributed by atoms with Gasteiger partial charge in [0.05, 0.1) is 0 Å². The van der Waals surface area contributed by atoms with Crippen LogP contribution in [0.4, 0.5) is 5.82 Å². The standard InChI is InChI=1S/C12H20BrN3O2S/c1-3-5-7-16-19(17,18)11-8-10(13)9-15-12(11)14-6-4-2/h8-9,16H,3-7H2,1-2H3,(H,14,15). The molecule has 0 bridgehead atoms. The van der Waals surface area contributed by atoms with Gasteiger partial charge in [-0.15, -0.1) is 0 Å². The van der Waals surface area contributed by atoms with Crippen LogP contribution in [0.25, 0.3) is 0 Å². The lowest BCUT2D eigenvalue weighted by atomic mass is 10.3. The van der Waals surface area contributed by atoms with Gasteiger partial charge in [0.1, 0.15) is 10.7 Å². The van der Waals surface area contributed by atoms with E-state index in [9.17, 15) is 8.42 Å². The van der Waals surface area contributed by atoms with Crippen molar-refractivity contribution < 1.29 is 8.42 Å². The van der Waals surface area contributed by atoms with Gasteiger partial charge in [0.15, 0.2) is 0 Å². The Morgan fingerprint density at radius 2 is 2.00 bits per heavy atom. The number of nitrogens with one attached hydrogen (secondary N) is 2. The minimum atomic E-state index is -3.52. The minimum absolute atomic E-state index is 0.187. The van der Waals surface area contributed by atoms with Crippen LogP contribution in [0.15, 0.2) is 21.6 Å². The van der Waals surface area contributed by atoms with E-state index in [4.69, 9.17) is 0 Å². The van der Waals surface area contributed by atoms with Gasteiger partial charge in [-0.25, -0.2) is 18.1 Å². The molecule has 0 aliphatic heterocycles. The monoisotopic (exact) mass is 349 g/mol. The number of hydrogen-bond acceptors (Lipinski definition) is 4. The van der Waals surface area contributed by atoms with Gasteiger partial charge in [0.25, 0.3) is 0 Å². The Morgan fingerprint density at radius 1 is 1.26 bits per heavy atom. The van der Waals surface area contributed by atoms with Crippen LogP contribution in [0.5, 0.6) is 0 Å². The predicted molar refractivity (Wildman–Crippen MR) is 80.8 cm³/mol. The summed E-state index contributed by atoms with van der Waals surface area (Å²) in [5.74, 6) is 0.397. The summed E-state index contributed by atoms with van der Waals surface area (Å²) in [6, 6.07) is 1.57. The van der Waals surface area contributed by atoms with Gasteiger partial charge in [0.2, 0.25) is 10.0 Å². The molecule has 0 aliphatic carbocycles. The number of unbranched alkanes of at least 4 members (excludes halogenated alkanes) is 1. The average Bonchev–Trinajstić information content (AvgIpc) is 2.37. The average molecular weight is 350 g/mol. The maximum atomic E-state index is 12.2. The summed E-state index contributed by atoms with van der Waals surface area (Å²) in [7, 11) is -3.52. The molecule has 0 atom stereocenters. The Kier molecular flexibility index (Phi) is 6.74. The van der Waals surface area contributed by atoms with Gasteiger partial charge in [-0.1, -0.05) is 20.3 Å². The number of halogens is 1. The van der Waals surface area contributed by atoms with Crippen LogP contribution in [0.3, 0.4) is 0 Å². The Balaban J connectivity index is 2.98. The molecule has 0 spiro atoms. The quantitative estimate of drug-likeness (QED) is 0.708. The highest BCUT2D eigenvalue weighted by atomic mass is 79.9. The van der Waals surface area contributed by atoms with E-state index in [0.29, 0.717) is 23.4 Å². The van der Waals surface area contributed by atoms with Crippen LogP contribution < -0.4 is 10.0 Å². The number of pyridine rings is 1. The van der Waals surface area contributed by atoms with Crippen LogP contribution in [0, 0.1) is 0 Å². The van der Waals surface area contributed by atoms with Gasteiger partial charge in [0, 0.05) is 23.8 Å². The van der Waals surface area contributed by atoms with Crippen molar-refractivity contribution in [3.05, 3.63) is 16.7 Å². The van der Waals surface area contributed by atoms with Gasteiger partial charge in [-0.2, -0.15) is 0 Å². The lowest BCUT2D eigenvalue weighted by molar-refractivity contribution is 0.578. The maximum Gasteiger partial charge on any atom is 0.244 e. The lowest BCUT2D eigenvalue weighted by Crippen LogP contribution is -2.26. The third-order valence-electron chi connectivity index (χ3n) is 2.47. The first-order valence-corrected chi connectivity index (χ1v) is 8.68. The molecule has 0 radical (unpaired) electrons. The van der Waals surface area contributed by atoms with E-state index in [1.54, 1.807) is 12.3 Å². The molecule has 0 aromatic carbocycles. The summed E-state index contributed by atoms with van der Waals surface area (Å²) in [6.07, 6.45) is 4.25. The fraction of sp³-hybridized carbons (Fsp3) is 0.583. The second kappa shape index (κ2) is 7.81. The highest BCUT2D eigenvalue weighted by molar-refractivity contribution is 9.10. The number of hydrogen-bond donors (Lipinski definition) is 2. The normalized spacial score (nSPS) is 11.5. The van der Waals surface area contributed by atoms with E-state index in [-0.39, 0.29) is 4.90 Å². The van der Waals surface area contributed by atoms with E-state index in [0.717, 1.165) is 19.3 Å². The molecule has 0 unspecified atom stereocenters. The van der Waals surface area contributed by atoms with E-state index in [1.807, 2.05) is 13.8 Å². The largest absolute Gasteiger partial charge is 0.369 e. The maximum absolute atomic E-state index is 12.2. The summed E-state index contributed by atoms with van der Waals surface area (Å²) in [4.78, 5) is 4.32. The zero-order valence-corrected chi connectivity index (χ0v) is 13.6. The molecule has 2 N–H and O–H groups in total. The SMILES string of the molecule is CCCCNS(=O)(=O)c1cc(Br)cnc1NCCC. The Labute approximate surface area is 123 Å². The highest BCUT2D eigenvalue weighted by Gasteiger charge is 2.19. The molecule has 0 aliphatic rings. The summed E-state index contributed by atoms with van der Waals surface area (Å²) in [6.45, 7) is 5.16. The molecule has 0 saturated carbocycles. The molecule has 1 aromatic heterocycles. The highest BCUT2D eigenvalue weighted by Crippen LogP contribution is 2.22. The van der Waals surface area contributed by atoms with E-state index in [2.05, 4.69) is 31.0 Å². The number of rotatable bonds is 8. The van der Waals surface area contributed by atoms with Crippen molar-refractivity contribution in [1.29, 1.82) is 0 Å². The molecule has 19 heavy (non-hydrogen) atoms. The molecular formula is C12H20BrN3O2S. The second-order valence-electron chi connectivity index (χ2n) is 4.18. The molecule has 1 heterocycles. The summed E-state index contributed by atoms with van der Waals surface area (Å²) in [5.41, 5.74) is 0. The van der Waals surface area contributed by atoms with E-state index >= 15 is 0 Å². The Hall–Kier alpha value is -0.660. The van der Waals surface area contributed by atoms with Gasteiger partial charge in [-0.05, 0) is 34.8 Å². The first kappa shape index (κ1) is 16.4. The fourth-order valence-corrected chi connectivity index (χ4v) is 3.18. The molecule has 0 amide bonds. The van der Waals surface area contributed by atoms with Crippen LogP contribution in [0.1, 0.15) is 33.1 Å². The molecule has 0 fully saturated rings. The Bertz CT molecular complexity index is 506. The molecule has 1 rings (SSSR count). The minimum Gasteiger partial charge on any atom is -0.369 e.